The Bertz CT molecular complexity index is 512. The molecule has 94 valence electrons. The van der Waals surface area contributed by atoms with Crippen LogP contribution in [0.15, 0.2) is 27.6 Å². The molecule has 0 saturated heterocycles. The minimum absolute atomic E-state index is 0.265. The van der Waals surface area contributed by atoms with Crippen molar-refractivity contribution in [2.75, 3.05) is 6.54 Å². The second kappa shape index (κ2) is 5.06. The van der Waals surface area contributed by atoms with Gasteiger partial charge < -0.3 is 5.73 Å². The van der Waals surface area contributed by atoms with Gasteiger partial charge in [-0.05, 0) is 52.4 Å². The molecule has 0 aromatic heterocycles. The fraction of sp³-hybridized carbons (Fsp3) is 0.455. The lowest BCUT2D eigenvalue weighted by molar-refractivity contribution is 0.577. The highest BCUT2D eigenvalue weighted by atomic mass is 79.9. The number of nitrogens with two attached hydrogens (primary N) is 1. The molecule has 0 spiro atoms. The molecule has 1 aliphatic carbocycles. The molecule has 0 heterocycles. The van der Waals surface area contributed by atoms with Crippen LogP contribution >= 0.6 is 15.9 Å². The molecule has 4 nitrogen and oxygen atoms in total. The molecule has 1 aliphatic rings. The first kappa shape index (κ1) is 13.0. The van der Waals surface area contributed by atoms with Crippen molar-refractivity contribution in [3.05, 3.63) is 28.2 Å². The van der Waals surface area contributed by atoms with Crippen LogP contribution in [0.5, 0.6) is 0 Å². The van der Waals surface area contributed by atoms with Crippen LogP contribution in [0.2, 0.25) is 0 Å². The van der Waals surface area contributed by atoms with Crippen molar-refractivity contribution in [1.82, 2.24) is 4.72 Å². The number of rotatable bonds is 5. The second-order valence-corrected chi connectivity index (χ2v) is 6.85. The van der Waals surface area contributed by atoms with E-state index in [0.717, 1.165) is 18.4 Å². The average molecular weight is 319 g/mol. The van der Waals surface area contributed by atoms with Crippen LogP contribution < -0.4 is 10.5 Å². The second-order valence-electron chi connectivity index (χ2n) is 4.26. The molecular weight excluding hydrogens is 304 g/mol. The predicted octanol–water partition coefficient (Wildman–Crippen LogP) is 1.60. The summed E-state index contributed by atoms with van der Waals surface area (Å²) in [6, 6.07) is 5.14. The van der Waals surface area contributed by atoms with Crippen LogP contribution in [0.25, 0.3) is 0 Å². The molecule has 1 fully saturated rings. The summed E-state index contributed by atoms with van der Waals surface area (Å²) in [4.78, 5) is 0.265. The highest BCUT2D eigenvalue weighted by Crippen LogP contribution is 2.29. The summed E-state index contributed by atoms with van der Waals surface area (Å²) < 4.78 is 27.3. The van der Waals surface area contributed by atoms with Crippen molar-refractivity contribution in [2.24, 2.45) is 11.7 Å². The van der Waals surface area contributed by atoms with Gasteiger partial charge in [-0.3, -0.25) is 0 Å². The molecule has 1 saturated carbocycles. The van der Waals surface area contributed by atoms with E-state index in [-0.39, 0.29) is 4.90 Å². The molecule has 0 bridgehead atoms. The largest absolute Gasteiger partial charge is 0.326 e. The van der Waals surface area contributed by atoms with Gasteiger partial charge in [-0.15, -0.1) is 0 Å². The van der Waals surface area contributed by atoms with Gasteiger partial charge in [0.2, 0.25) is 10.0 Å². The van der Waals surface area contributed by atoms with E-state index in [1.807, 2.05) is 6.07 Å². The van der Waals surface area contributed by atoms with E-state index < -0.39 is 10.0 Å². The maximum Gasteiger partial charge on any atom is 0.241 e. The van der Waals surface area contributed by atoms with Gasteiger partial charge in [-0.25, -0.2) is 13.1 Å². The Morgan fingerprint density at radius 3 is 2.71 bits per heavy atom. The molecule has 3 N–H and O–H groups in total. The van der Waals surface area contributed by atoms with Gasteiger partial charge in [0.1, 0.15) is 0 Å². The van der Waals surface area contributed by atoms with Crippen molar-refractivity contribution in [2.45, 2.75) is 24.3 Å². The van der Waals surface area contributed by atoms with Crippen molar-refractivity contribution in [1.29, 1.82) is 0 Å². The van der Waals surface area contributed by atoms with Crippen molar-refractivity contribution < 1.29 is 8.42 Å². The number of hydrogen-bond donors (Lipinski definition) is 2. The Kier molecular flexibility index (Phi) is 3.87. The first-order valence-electron chi connectivity index (χ1n) is 5.51. The normalized spacial score (nSPS) is 16.1. The van der Waals surface area contributed by atoms with Crippen LogP contribution in [-0.2, 0) is 16.6 Å². The Morgan fingerprint density at radius 1 is 1.41 bits per heavy atom. The minimum Gasteiger partial charge on any atom is -0.326 e. The van der Waals surface area contributed by atoms with Gasteiger partial charge in [0.05, 0.1) is 4.90 Å². The molecule has 0 atom stereocenters. The number of halogens is 1. The molecule has 0 amide bonds. The number of nitrogens with one attached hydrogen (secondary N) is 1. The zero-order chi connectivity index (χ0) is 12.5. The average Bonchev–Trinajstić information content (AvgIpc) is 3.11. The molecule has 0 radical (unpaired) electrons. The van der Waals surface area contributed by atoms with Crippen LogP contribution in [-0.4, -0.2) is 15.0 Å². The van der Waals surface area contributed by atoms with E-state index in [4.69, 9.17) is 5.73 Å². The van der Waals surface area contributed by atoms with Gasteiger partial charge in [0.25, 0.3) is 0 Å². The lowest BCUT2D eigenvalue weighted by Crippen LogP contribution is -2.26. The fourth-order valence-electron chi connectivity index (χ4n) is 1.51. The Morgan fingerprint density at radius 2 is 2.12 bits per heavy atom. The highest BCUT2D eigenvalue weighted by Gasteiger charge is 2.25. The van der Waals surface area contributed by atoms with E-state index in [9.17, 15) is 8.42 Å². The predicted molar refractivity (Wildman–Crippen MR) is 69.9 cm³/mol. The third-order valence-corrected chi connectivity index (χ3v) is 5.20. The lowest BCUT2D eigenvalue weighted by atomic mass is 10.2. The van der Waals surface area contributed by atoms with Gasteiger partial charge in [0.15, 0.2) is 0 Å². The van der Waals surface area contributed by atoms with E-state index in [1.165, 1.54) is 0 Å². The molecule has 0 unspecified atom stereocenters. The van der Waals surface area contributed by atoms with Crippen LogP contribution in [0.1, 0.15) is 18.4 Å². The minimum atomic E-state index is -3.43. The lowest BCUT2D eigenvalue weighted by Gasteiger charge is -2.09. The van der Waals surface area contributed by atoms with Crippen LogP contribution in [0.3, 0.4) is 0 Å². The zero-order valence-corrected chi connectivity index (χ0v) is 11.7. The summed E-state index contributed by atoms with van der Waals surface area (Å²) in [5.41, 5.74) is 6.32. The summed E-state index contributed by atoms with van der Waals surface area (Å²) in [5, 5.41) is 0. The maximum atomic E-state index is 12.1. The van der Waals surface area contributed by atoms with E-state index in [1.54, 1.807) is 12.1 Å². The van der Waals surface area contributed by atoms with Gasteiger partial charge >= 0.3 is 0 Å². The molecule has 1 aromatic carbocycles. The topological polar surface area (TPSA) is 72.2 Å². The first-order valence-corrected chi connectivity index (χ1v) is 7.78. The summed E-state index contributed by atoms with van der Waals surface area (Å²) in [6.07, 6.45) is 2.24. The Balaban J connectivity index is 2.23. The molecule has 2 rings (SSSR count). The molecular formula is C11H15BrN2O2S. The van der Waals surface area contributed by atoms with Gasteiger partial charge in [-0.2, -0.15) is 0 Å². The highest BCUT2D eigenvalue weighted by molar-refractivity contribution is 9.10. The fourth-order valence-corrected chi connectivity index (χ4v) is 3.64. The van der Waals surface area contributed by atoms with E-state index >= 15 is 0 Å². The maximum absolute atomic E-state index is 12.1. The third kappa shape index (κ3) is 3.28. The summed E-state index contributed by atoms with van der Waals surface area (Å²) >= 11 is 3.26. The quantitative estimate of drug-likeness (QED) is 0.866. The number of benzene rings is 1. The Hall–Kier alpha value is -0.430. The summed E-state index contributed by atoms with van der Waals surface area (Å²) in [7, 11) is -3.43. The summed E-state index contributed by atoms with van der Waals surface area (Å²) in [6.45, 7) is 0.861. The van der Waals surface area contributed by atoms with Crippen LogP contribution in [0.4, 0.5) is 0 Å². The van der Waals surface area contributed by atoms with E-state index in [0.29, 0.717) is 23.5 Å². The molecule has 17 heavy (non-hydrogen) atoms. The monoisotopic (exact) mass is 318 g/mol. The van der Waals surface area contributed by atoms with E-state index in [2.05, 4.69) is 20.7 Å². The smallest absolute Gasteiger partial charge is 0.241 e. The van der Waals surface area contributed by atoms with Crippen LogP contribution in [0, 0.1) is 5.92 Å². The van der Waals surface area contributed by atoms with Crippen molar-refractivity contribution in [3.8, 4) is 0 Å². The van der Waals surface area contributed by atoms with Gasteiger partial charge in [-0.1, -0.05) is 6.07 Å². The standard InChI is InChI=1S/C11H15BrN2O2S/c12-10-4-3-9(6-13)5-11(10)17(15,16)14-7-8-1-2-8/h3-5,8,14H,1-2,6-7,13H2. The SMILES string of the molecule is NCc1ccc(Br)c(S(=O)(=O)NCC2CC2)c1. The van der Waals surface area contributed by atoms with Gasteiger partial charge in [0, 0.05) is 17.6 Å². The summed E-state index contributed by atoms with van der Waals surface area (Å²) in [5.74, 6) is 0.515. The number of sulfonamides is 1. The third-order valence-electron chi connectivity index (χ3n) is 2.78. The number of hydrogen-bond acceptors (Lipinski definition) is 3. The zero-order valence-electron chi connectivity index (χ0n) is 9.32. The molecule has 6 heteroatoms. The van der Waals surface area contributed by atoms with Crippen molar-refractivity contribution in [3.63, 3.8) is 0 Å². The van der Waals surface area contributed by atoms with Crippen molar-refractivity contribution >= 4 is 26.0 Å². The first-order chi connectivity index (χ1) is 8.03. The molecule has 1 aromatic rings. The Labute approximate surface area is 110 Å². The molecule has 0 aliphatic heterocycles.